The van der Waals surface area contributed by atoms with Gasteiger partial charge in [-0.15, -0.1) is 0 Å². The summed E-state index contributed by atoms with van der Waals surface area (Å²) in [5.74, 6) is 1.70. The molecule has 0 atom stereocenters. The first kappa shape index (κ1) is 11.5. The predicted octanol–water partition coefficient (Wildman–Crippen LogP) is 4.03. The fourth-order valence-corrected chi connectivity index (χ4v) is 2.12. The molecule has 0 aliphatic carbocycles. The molecule has 2 nitrogen and oxygen atoms in total. The minimum atomic E-state index is -0.246. The van der Waals surface area contributed by atoms with E-state index in [-0.39, 0.29) is 5.60 Å². The fraction of sp³-hybridized carbons (Fsp3) is 0.385. The van der Waals surface area contributed by atoms with Gasteiger partial charge in [0.15, 0.2) is 0 Å². The highest BCUT2D eigenvalue weighted by Gasteiger charge is 2.22. The van der Waals surface area contributed by atoms with Crippen LogP contribution in [0.4, 0.5) is 0 Å². The van der Waals surface area contributed by atoms with Crippen molar-refractivity contribution in [3.8, 4) is 11.5 Å². The summed E-state index contributed by atoms with van der Waals surface area (Å²) in [6, 6.07) is 3.96. The van der Waals surface area contributed by atoms with Crippen LogP contribution in [0.2, 0.25) is 0 Å². The van der Waals surface area contributed by atoms with Crippen LogP contribution < -0.4 is 9.47 Å². The number of halogens is 1. The van der Waals surface area contributed by atoms with Crippen molar-refractivity contribution >= 4 is 22.0 Å². The quantitative estimate of drug-likeness (QED) is 0.815. The van der Waals surface area contributed by atoms with Crippen LogP contribution in [0.25, 0.3) is 6.08 Å². The van der Waals surface area contributed by atoms with E-state index in [4.69, 9.17) is 9.47 Å². The second-order valence-corrected chi connectivity index (χ2v) is 5.15. The van der Waals surface area contributed by atoms with Crippen LogP contribution in [0, 0.1) is 0 Å². The molecule has 1 aromatic rings. The monoisotopic (exact) mass is 282 g/mol. The third kappa shape index (κ3) is 2.24. The van der Waals surface area contributed by atoms with Crippen LogP contribution in [0.5, 0.6) is 11.5 Å². The normalized spacial score (nSPS) is 16.5. The molecule has 2 rings (SSSR count). The summed E-state index contributed by atoms with van der Waals surface area (Å²) in [7, 11) is 0. The van der Waals surface area contributed by atoms with Crippen LogP contribution in [0.3, 0.4) is 0 Å². The number of fused-ring (bicyclic) bond motifs is 1. The molecule has 1 aliphatic heterocycles. The molecule has 0 unspecified atom stereocenters. The van der Waals surface area contributed by atoms with Gasteiger partial charge in [-0.2, -0.15) is 0 Å². The maximum absolute atomic E-state index is 5.87. The van der Waals surface area contributed by atoms with E-state index in [0.29, 0.717) is 6.61 Å². The first-order valence-corrected chi connectivity index (χ1v) is 6.16. The molecule has 3 heteroatoms. The first-order valence-electron chi connectivity index (χ1n) is 5.36. The maximum atomic E-state index is 5.87. The Kier molecular flexibility index (Phi) is 2.98. The third-order valence-corrected chi connectivity index (χ3v) is 3.02. The fourth-order valence-electron chi connectivity index (χ4n) is 1.64. The Labute approximate surface area is 104 Å². The zero-order chi connectivity index (χ0) is 11.8. The van der Waals surface area contributed by atoms with E-state index < -0.39 is 0 Å². The van der Waals surface area contributed by atoms with E-state index in [9.17, 15) is 0 Å². The van der Waals surface area contributed by atoms with Crippen LogP contribution >= 0.6 is 15.9 Å². The Morgan fingerprint density at radius 2 is 2.12 bits per heavy atom. The molecule has 1 aromatic carbocycles. The molecule has 0 amide bonds. The minimum absolute atomic E-state index is 0.246. The highest BCUT2D eigenvalue weighted by Crippen LogP contribution is 2.38. The van der Waals surface area contributed by atoms with E-state index in [1.54, 1.807) is 0 Å². The first-order chi connectivity index (χ1) is 7.52. The molecule has 0 aromatic heterocycles. The van der Waals surface area contributed by atoms with Crippen LogP contribution in [0.1, 0.15) is 26.3 Å². The zero-order valence-electron chi connectivity index (χ0n) is 9.71. The summed E-state index contributed by atoms with van der Waals surface area (Å²) in [4.78, 5) is 0. The molecule has 0 saturated heterocycles. The number of hydrogen-bond donors (Lipinski definition) is 0. The highest BCUT2D eigenvalue weighted by atomic mass is 79.9. The van der Waals surface area contributed by atoms with Crippen molar-refractivity contribution in [3.63, 3.8) is 0 Å². The molecule has 0 fully saturated rings. The number of ether oxygens (including phenoxy) is 2. The van der Waals surface area contributed by atoms with Crippen LogP contribution in [0.15, 0.2) is 22.7 Å². The topological polar surface area (TPSA) is 18.5 Å². The Balaban J connectivity index is 2.42. The van der Waals surface area contributed by atoms with Gasteiger partial charge in [-0.3, -0.25) is 0 Å². The van der Waals surface area contributed by atoms with Crippen molar-refractivity contribution in [1.29, 1.82) is 0 Å². The zero-order valence-corrected chi connectivity index (χ0v) is 11.3. The van der Waals surface area contributed by atoms with Crippen molar-refractivity contribution in [3.05, 3.63) is 28.2 Å². The SMILES string of the molecule is CCOc1cc2c(cc1Br)C=CC(C)(C)O2. The van der Waals surface area contributed by atoms with Crippen molar-refractivity contribution in [2.75, 3.05) is 6.61 Å². The van der Waals surface area contributed by atoms with E-state index in [1.807, 2.05) is 32.9 Å². The Hall–Kier alpha value is -0.960. The lowest BCUT2D eigenvalue weighted by molar-refractivity contribution is 0.158. The molecular formula is C13H15BrO2. The second-order valence-electron chi connectivity index (χ2n) is 4.29. The summed E-state index contributed by atoms with van der Waals surface area (Å²) in [5, 5.41) is 0. The van der Waals surface area contributed by atoms with Crippen LogP contribution in [-0.2, 0) is 0 Å². The largest absolute Gasteiger partial charge is 0.493 e. The van der Waals surface area contributed by atoms with Gasteiger partial charge in [0.2, 0.25) is 0 Å². The highest BCUT2D eigenvalue weighted by molar-refractivity contribution is 9.10. The van der Waals surface area contributed by atoms with Crippen molar-refractivity contribution in [2.45, 2.75) is 26.4 Å². The van der Waals surface area contributed by atoms with Gasteiger partial charge >= 0.3 is 0 Å². The standard InChI is InChI=1S/C13H15BrO2/c1-4-15-12-8-11-9(7-10(12)14)5-6-13(2,3)16-11/h5-8H,4H2,1-3H3. The predicted molar refractivity (Wildman–Crippen MR) is 69.1 cm³/mol. The van der Waals surface area contributed by atoms with Gasteiger partial charge < -0.3 is 9.47 Å². The minimum Gasteiger partial charge on any atom is -0.493 e. The summed E-state index contributed by atoms with van der Waals surface area (Å²) in [6.07, 6.45) is 4.14. The molecular weight excluding hydrogens is 268 g/mol. The molecule has 0 saturated carbocycles. The van der Waals surface area contributed by atoms with E-state index >= 15 is 0 Å². The van der Waals surface area contributed by atoms with Crippen LogP contribution in [-0.4, -0.2) is 12.2 Å². The number of hydrogen-bond acceptors (Lipinski definition) is 2. The number of rotatable bonds is 2. The van der Waals surface area contributed by atoms with E-state index in [0.717, 1.165) is 21.5 Å². The lowest BCUT2D eigenvalue weighted by Crippen LogP contribution is -2.27. The Morgan fingerprint density at radius 3 is 2.81 bits per heavy atom. The van der Waals surface area contributed by atoms with Crippen molar-refractivity contribution in [1.82, 2.24) is 0 Å². The lowest BCUT2D eigenvalue weighted by Gasteiger charge is -2.28. The van der Waals surface area contributed by atoms with Gasteiger partial charge in [-0.1, -0.05) is 6.08 Å². The molecule has 0 radical (unpaired) electrons. The second kappa shape index (κ2) is 4.13. The molecule has 0 spiro atoms. The molecule has 0 N–H and O–H groups in total. The molecule has 0 bridgehead atoms. The van der Waals surface area contributed by atoms with Crippen molar-refractivity contribution < 1.29 is 9.47 Å². The van der Waals surface area contributed by atoms with Gasteiger partial charge in [0.25, 0.3) is 0 Å². The van der Waals surface area contributed by atoms with Crippen molar-refractivity contribution in [2.24, 2.45) is 0 Å². The van der Waals surface area contributed by atoms with Gasteiger partial charge in [0.05, 0.1) is 11.1 Å². The third-order valence-electron chi connectivity index (χ3n) is 2.40. The maximum Gasteiger partial charge on any atom is 0.137 e. The average molecular weight is 283 g/mol. The Morgan fingerprint density at radius 1 is 1.38 bits per heavy atom. The van der Waals surface area contributed by atoms with E-state index in [2.05, 4.69) is 28.1 Å². The summed E-state index contributed by atoms with van der Waals surface area (Å²) < 4.78 is 12.4. The molecule has 16 heavy (non-hydrogen) atoms. The lowest BCUT2D eigenvalue weighted by atomic mass is 10.0. The van der Waals surface area contributed by atoms with Gasteiger partial charge in [-0.05, 0) is 48.8 Å². The smallest absolute Gasteiger partial charge is 0.137 e. The average Bonchev–Trinajstić information content (AvgIpc) is 2.19. The Bertz CT molecular complexity index is 436. The van der Waals surface area contributed by atoms with Gasteiger partial charge in [-0.25, -0.2) is 0 Å². The molecule has 1 aliphatic rings. The van der Waals surface area contributed by atoms with Gasteiger partial charge in [0, 0.05) is 11.6 Å². The molecule has 86 valence electrons. The summed E-state index contributed by atoms with van der Waals surface area (Å²) in [6.45, 7) is 6.69. The van der Waals surface area contributed by atoms with Gasteiger partial charge in [0.1, 0.15) is 17.1 Å². The summed E-state index contributed by atoms with van der Waals surface area (Å²) in [5.41, 5.74) is 0.833. The molecule has 1 heterocycles. The number of benzene rings is 1. The van der Waals surface area contributed by atoms with E-state index in [1.165, 1.54) is 0 Å². The summed E-state index contributed by atoms with van der Waals surface area (Å²) >= 11 is 3.49.